The summed E-state index contributed by atoms with van der Waals surface area (Å²) in [5.74, 6) is -2.42. The van der Waals surface area contributed by atoms with E-state index in [0.717, 1.165) is 0 Å². The van der Waals surface area contributed by atoms with Crippen LogP contribution in [0.15, 0.2) is 0 Å². The second kappa shape index (κ2) is 9.15. The number of hydrogen-bond donors (Lipinski definition) is 0. The fraction of sp³-hybridized carbons (Fsp3) is 0.917. The number of alkyl halides is 3. The topological polar surface area (TPSA) is 54.0 Å². The number of hydrogen-bond acceptors (Lipinski definition) is 5. The fourth-order valence-corrected chi connectivity index (χ4v) is 1.07. The van der Waals surface area contributed by atoms with E-state index in [4.69, 9.17) is 14.2 Å². The molecule has 120 valence electrons. The largest absolute Gasteiger partial charge is 0.491 e. The van der Waals surface area contributed by atoms with Gasteiger partial charge in [-0.05, 0) is 19.3 Å². The van der Waals surface area contributed by atoms with E-state index in [2.05, 4.69) is 4.74 Å². The molecule has 0 radical (unpaired) electrons. The van der Waals surface area contributed by atoms with Crippen molar-refractivity contribution in [1.82, 2.24) is 0 Å². The van der Waals surface area contributed by atoms with E-state index in [1.54, 1.807) is 20.8 Å². The predicted molar refractivity (Wildman–Crippen MR) is 63.6 cm³/mol. The zero-order chi connectivity index (χ0) is 15.6. The first-order valence-corrected chi connectivity index (χ1v) is 6.53. The molecule has 0 aliphatic carbocycles. The number of carbonyl (C=O) groups excluding carboxylic acids is 1. The minimum Gasteiger partial charge on any atom is -0.377 e. The van der Waals surface area contributed by atoms with Crippen molar-refractivity contribution in [3.05, 3.63) is 0 Å². The molecular weight excluding hydrogens is 281 g/mol. The molecule has 20 heavy (non-hydrogen) atoms. The molecule has 0 spiro atoms. The van der Waals surface area contributed by atoms with E-state index >= 15 is 0 Å². The van der Waals surface area contributed by atoms with Gasteiger partial charge in [0.2, 0.25) is 0 Å². The average Bonchev–Trinajstić information content (AvgIpc) is 2.39. The molecule has 8 heteroatoms. The first-order chi connectivity index (χ1) is 9.31. The van der Waals surface area contributed by atoms with Gasteiger partial charge in [0, 0.05) is 0 Å². The Morgan fingerprint density at radius 3 is 1.45 bits per heavy atom. The smallest absolute Gasteiger partial charge is 0.377 e. The van der Waals surface area contributed by atoms with Crippen LogP contribution in [0.2, 0.25) is 0 Å². The highest BCUT2D eigenvalue weighted by Gasteiger charge is 2.49. The monoisotopic (exact) mass is 302 g/mol. The molecule has 0 bridgehead atoms. The average molecular weight is 302 g/mol. The Morgan fingerprint density at radius 2 is 1.20 bits per heavy atom. The van der Waals surface area contributed by atoms with Crippen molar-refractivity contribution in [3.8, 4) is 0 Å². The summed E-state index contributed by atoms with van der Waals surface area (Å²) in [6, 6.07) is 0. The van der Waals surface area contributed by atoms with E-state index < -0.39 is 18.3 Å². The van der Waals surface area contributed by atoms with Crippen molar-refractivity contribution in [3.63, 3.8) is 0 Å². The second-order valence-corrected chi connectivity index (χ2v) is 3.93. The van der Waals surface area contributed by atoms with E-state index in [-0.39, 0.29) is 19.8 Å². The maximum Gasteiger partial charge on any atom is 0.491 e. The van der Waals surface area contributed by atoms with Crippen LogP contribution in [0.4, 0.5) is 13.2 Å². The summed E-state index contributed by atoms with van der Waals surface area (Å²) in [6.45, 7) is 5.32. The molecule has 0 fully saturated rings. The Hall–Kier alpha value is -0.860. The first-order valence-electron chi connectivity index (χ1n) is 6.53. The summed E-state index contributed by atoms with van der Waals surface area (Å²) in [4.78, 5) is 11.0. The summed E-state index contributed by atoms with van der Waals surface area (Å²) >= 11 is 0. The van der Waals surface area contributed by atoms with Crippen LogP contribution in [0.3, 0.4) is 0 Å². The van der Waals surface area contributed by atoms with Gasteiger partial charge in [-0.15, -0.1) is 0 Å². The lowest BCUT2D eigenvalue weighted by Gasteiger charge is -2.31. The third kappa shape index (κ3) is 7.06. The molecule has 5 nitrogen and oxygen atoms in total. The van der Waals surface area contributed by atoms with Crippen LogP contribution in [-0.2, 0) is 23.7 Å². The van der Waals surface area contributed by atoms with Gasteiger partial charge in [-0.3, -0.25) is 14.2 Å². The van der Waals surface area contributed by atoms with Gasteiger partial charge in [0.15, 0.2) is 0 Å². The van der Waals surface area contributed by atoms with Crippen LogP contribution < -0.4 is 0 Å². The lowest BCUT2D eigenvalue weighted by molar-refractivity contribution is -0.486. The van der Waals surface area contributed by atoms with Crippen LogP contribution in [-0.4, -0.2) is 38.1 Å². The molecule has 0 saturated carbocycles. The summed E-state index contributed by atoms with van der Waals surface area (Å²) in [7, 11) is 0. The Bertz CT molecular complexity index is 259. The first kappa shape index (κ1) is 19.1. The van der Waals surface area contributed by atoms with Crippen molar-refractivity contribution in [2.24, 2.45) is 0 Å². The number of ether oxygens (including phenoxy) is 4. The maximum absolute atomic E-state index is 12.3. The van der Waals surface area contributed by atoms with Gasteiger partial charge in [-0.1, -0.05) is 20.8 Å². The van der Waals surface area contributed by atoms with E-state index in [9.17, 15) is 18.0 Å². The lowest BCUT2D eigenvalue weighted by Crippen LogP contribution is -2.47. The van der Waals surface area contributed by atoms with Crippen LogP contribution in [0.25, 0.3) is 0 Å². The summed E-state index contributed by atoms with van der Waals surface area (Å²) in [6.07, 6.45) is -6.09. The number of esters is 1. The molecule has 0 aromatic rings. The molecule has 0 atom stereocenters. The van der Waals surface area contributed by atoms with Crippen molar-refractivity contribution in [1.29, 1.82) is 0 Å². The van der Waals surface area contributed by atoms with Crippen molar-refractivity contribution >= 4 is 5.97 Å². The number of carbonyl (C=O) groups is 1. The van der Waals surface area contributed by atoms with Crippen molar-refractivity contribution in [2.75, 3.05) is 19.8 Å². The highest BCUT2D eigenvalue weighted by Crippen LogP contribution is 2.25. The quantitative estimate of drug-likeness (QED) is 0.459. The second-order valence-electron chi connectivity index (χ2n) is 3.93. The van der Waals surface area contributed by atoms with Crippen LogP contribution in [0.1, 0.15) is 40.0 Å². The number of halogens is 3. The zero-order valence-corrected chi connectivity index (χ0v) is 11.9. The molecule has 0 unspecified atom stereocenters. The maximum atomic E-state index is 12.3. The standard InChI is InChI=1S/C12H21F3O5/c1-4-7-17-12(18-8-5-2,19-9-6-3)20-10(16)11(13,14)15/h4-9H2,1-3H3. The third-order valence-corrected chi connectivity index (χ3v) is 1.90. The van der Waals surface area contributed by atoms with Crippen LogP contribution in [0, 0.1) is 0 Å². The van der Waals surface area contributed by atoms with Crippen molar-refractivity contribution in [2.45, 2.75) is 52.4 Å². The molecule has 0 heterocycles. The van der Waals surface area contributed by atoms with E-state index in [1.165, 1.54) is 0 Å². The third-order valence-electron chi connectivity index (χ3n) is 1.90. The van der Waals surface area contributed by atoms with Gasteiger partial charge < -0.3 is 4.74 Å². The molecule has 0 aromatic carbocycles. The van der Waals surface area contributed by atoms with Gasteiger partial charge in [0.1, 0.15) is 0 Å². The molecule has 0 amide bonds. The summed E-state index contributed by atoms with van der Waals surface area (Å²) < 4.78 is 56.4. The van der Waals surface area contributed by atoms with Gasteiger partial charge >= 0.3 is 18.3 Å². The van der Waals surface area contributed by atoms with E-state index in [0.29, 0.717) is 19.3 Å². The minimum atomic E-state index is -5.15. The van der Waals surface area contributed by atoms with Crippen LogP contribution >= 0.6 is 0 Å². The lowest BCUT2D eigenvalue weighted by atomic mass is 10.5. The van der Waals surface area contributed by atoms with Gasteiger partial charge in [0.05, 0.1) is 19.8 Å². The van der Waals surface area contributed by atoms with E-state index in [1.807, 2.05) is 0 Å². The SMILES string of the molecule is CCCOC(OCCC)(OCCC)OC(=O)C(F)(F)F. The van der Waals surface area contributed by atoms with Crippen molar-refractivity contribution < 1.29 is 36.9 Å². The Morgan fingerprint density at radius 1 is 0.850 bits per heavy atom. The Balaban J connectivity index is 4.97. The fourth-order valence-electron chi connectivity index (χ4n) is 1.07. The highest BCUT2D eigenvalue weighted by atomic mass is 19.4. The highest BCUT2D eigenvalue weighted by molar-refractivity contribution is 5.75. The van der Waals surface area contributed by atoms with Gasteiger partial charge in [-0.25, -0.2) is 4.79 Å². The number of rotatable bonds is 10. The molecule has 0 aromatic heterocycles. The van der Waals surface area contributed by atoms with Gasteiger partial charge in [-0.2, -0.15) is 13.2 Å². The molecule has 0 aliphatic heterocycles. The molecule has 0 aliphatic rings. The molecular formula is C12H21F3O5. The molecule has 0 N–H and O–H groups in total. The van der Waals surface area contributed by atoms with Gasteiger partial charge in [0.25, 0.3) is 0 Å². The Labute approximate surface area is 116 Å². The Kier molecular flexibility index (Phi) is 8.75. The predicted octanol–water partition coefficient (Wildman–Crippen LogP) is 2.98. The van der Waals surface area contributed by atoms with Crippen LogP contribution in [0.5, 0.6) is 0 Å². The minimum absolute atomic E-state index is 0.0264. The molecule has 0 rings (SSSR count). The normalized spacial score (nSPS) is 12.5. The summed E-state index contributed by atoms with van der Waals surface area (Å²) in [5, 5.41) is 0. The molecule has 0 saturated heterocycles. The zero-order valence-electron chi connectivity index (χ0n) is 11.9. The summed E-state index contributed by atoms with van der Waals surface area (Å²) in [5.41, 5.74) is 0.